The minimum absolute atomic E-state index is 0.0111. The van der Waals surface area contributed by atoms with E-state index in [0.29, 0.717) is 6.54 Å². The highest BCUT2D eigenvalue weighted by Crippen LogP contribution is 2.12. The Morgan fingerprint density at radius 2 is 2.11 bits per heavy atom. The summed E-state index contributed by atoms with van der Waals surface area (Å²) in [4.78, 5) is 12.6. The van der Waals surface area contributed by atoms with Gasteiger partial charge < -0.3 is 15.7 Å². The summed E-state index contributed by atoms with van der Waals surface area (Å²) >= 11 is 0. The average Bonchev–Trinajstić information content (AvgIpc) is 2.20. The molecule has 0 saturated heterocycles. The molecule has 0 radical (unpaired) electrons. The van der Waals surface area contributed by atoms with Crippen molar-refractivity contribution in [2.75, 3.05) is 13.6 Å². The Bertz CT molecular complexity index is 418. The lowest BCUT2D eigenvalue weighted by molar-refractivity contribution is -0.137. The largest absolute Gasteiger partial charge is 0.481 e. The van der Waals surface area contributed by atoms with E-state index in [4.69, 9.17) is 10.8 Å². The van der Waals surface area contributed by atoms with E-state index in [1.165, 1.54) is 16.7 Å². The molecule has 0 spiro atoms. The Labute approximate surface area is 108 Å². The zero-order valence-corrected chi connectivity index (χ0v) is 11.3. The number of nitrogens with zero attached hydrogens (tertiary/aromatic N) is 1. The summed E-state index contributed by atoms with van der Waals surface area (Å²) < 4.78 is 0. The highest BCUT2D eigenvalue weighted by Gasteiger charge is 2.11. The van der Waals surface area contributed by atoms with Crippen molar-refractivity contribution in [3.63, 3.8) is 0 Å². The molecule has 0 amide bonds. The number of hydrogen-bond donors (Lipinski definition) is 2. The van der Waals surface area contributed by atoms with E-state index in [0.717, 1.165) is 6.54 Å². The van der Waals surface area contributed by atoms with Crippen LogP contribution in [0.5, 0.6) is 0 Å². The van der Waals surface area contributed by atoms with Crippen LogP contribution in [0.4, 0.5) is 0 Å². The lowest BCUT2D eigenvalue weighted by Gasteiger charge is -2.21. The molecule has 0 aliphatic heterocycles. The maximum absolute atomic E-state index is 10.5. The highest BCUT2D eigenvalue weighted by molar-refractivity contribution is 5.67. The summed E-state index contributed by atoms with van der Waals surface area (Å²) in [5.74, 6) is -0.845. The van der Waals surface area contributed by atoms with Gasteiger partial charge >= 0.3 is 5.97 Å². The zero-order valence-electron chi connectivity index (χ0n) is 11.3. The van der Waals surface area contributed by atoms with Crippen LogP contribution in [0.2, 0.25) is 0 Å². The zero-order chi connectivity index (χ0) is 13.7. The molecule has 0 fully saturated rings. The first kappa shape index (κ1) is 14.7. The lowest BCUT2D eigenvalue weighted by atomic mass is 10.1. The molecular formula is C14H22N2O2. The first-order chi connectivity index (χ1) is 8.38. The molecule has 18 heavy (non-hydrogen) atoms. The van der Waals surface area contributed by atoms with Gasteiger partial charge in [-0.15, -0.1) is 0 Å². The Morgan fingerprint density at radius 1 is 1.44 bits per heavy atom. The molecule has 3 N–H and O–H groups in total. The van der Waals surface area contributed by atoms with Crippen LogP contribution in [0.1, 0.15) is 23.1 Å². The van der Waals surface area contributed by atoms with Crippen LogP contribution < -0.4 is 5.73 Å². The van der Waals surface area contributed by atoms with Crippen molar-refractivity contribution < 1.29 is 9.90 Å². The minimum atomic E-state index is -0.845. The van der Waals surface area contributed by atoms with Gasteiger partial charge in [0.25, 0.3) is 0 Å². The second-order valence-corrected chi connectivity index (χ2v) is 4.98. The topological polar surface area (TPSA) is 66.6 Å². The number of benzene rings is 1. The van der Waals surface area contributed by atoms with Gasteiger partial charge in [-0.1, -0.05) is 23.8 Å². The van der Waals surface area contributed by atoms with Crippen LogP contribution >= 0.6 is 0 Å². The number of carboxylic acids is 1. The number of carboxylic acid groups (broad SMARTS) is 1. The molecule has 4 heteroatoms. The Morgan fingerprint density at radius 3 is 2.67 bits per heavy atom. The third-order valence-corrected chi connectivity index (χ3v) is 2.92. The van der Waals surface area contributed by atoms with E-state index in [1.54, 1.807) is 0 Å². The number of aryl methyl sites for hydroxylation is 2. The number of carbonyl (C=O) groups is 1. The second kappa shape index (κ2) is 6.52. The summed E-state index contributed by atoms with van der Waals surface area (Å²) in [5.41, 5.74) is 9.53. The number of likely N-dealkylation sites (N-methyl/N-ethyl adjacent to an activating group) is 1. The van der Waals surface area contributed by atoms with Crippen molar-refractivity contribution in [1.82, 2.24) is 4.90 Å². The van der Waals surface area contributed by atoms with Crippen LogP contribution in [0.3, 0.4) is 0 Å². The lowest BCUT2D eigenvalue weighted by Crippen LogP contribution is -2.36. The van der Waals surface area contributed by atoms with Gasteiger partial charge in [-0.25, -0.2) is 0 Å². The number of aliphatic carboxylic acids is 1. The fraction of sp³-hybridized carbons (Fsp3) is 0.500. The summed E-state index contributed by atoms with van der Waals surface area (Å²) in [6, 6.07) is 6.04. The maximum atomic E-state index is 10.5. The van der Waals surface area contributed by atoms with Gasteiger partial charge in [-0.2, -0.15) is 0 Å². The quantitative estimate of drug-likeness (QED) is 0.803. The van der Waals surface area contributed by atoms with Gasteiger partial charge in [0, 0.05) is 19.1 Å². The molecule has 1 rings (SSSR count). The molecule has 0 aromatic heterocycles. The van der Waals surface area contributed by atoms with E-state index in [1.807, 2.05) is 7.05 Å². The van der Waals surface area contributed by atoms with Crippen LogP contribution in [-0.4, -0.2) is 35.6 Å². The van der Waals surface area contributed by atoms with Gasteiger partial charge in [0.2, 0.25) is 0 Å². The summed E-state index contributed by atoms with van der Waals surface area (Å²) in [6.45, 7) is 5.54. The number of hydrogen-bond acceptors (Lipinski definition) is 3. The van der Waals surface area contributed by atoms with Crippen molar-refractivity contribution in [3.8, 4) is 0 Å². The van der Waals surface area contributed by atoms with E-state index >= 15 is 0 Å². The number of rotatable bonds is 6. The molecule has 0 heterocycles. The van der Waals surface area contributed by atoms with Gasteiger partial charge in [0.15, 0.2) is 0 Å². The standard InChI is InChI=1S/C14H22N2O2/c1-10-4-5-12(11(2)6-10)8-16(3)9-13(15)7-14(17)18/h4-6,13H,7-9,15H2,1-3H3,(H,17,18). The van der Waals surface area contributed by atoms with Crippen molar-refractivity contribution in [1.29, 1.82) is 0 Å². The number of nitrogens with two attached hydrogens (primary N) is 1. The van der Waals surface area contributed by atoms with Crippen molar-refractivity contribution in [2.24, 2.45) is 5.73 Å². The van der Waals surface area contributed by atoms with E-state index in [2.05, 4.69) is 36.9 Å². The van der Waals surface area contributed by atoms with Crippen LogP contribution in [-0.2, 0) is 11.3 Å². The fourth-order valence-corrected chi connectivity index (χ4v) is 2.07. The average molecular weight is 250 g/mol. The third kappa shape index (κ3) is 4.85. The van der Waals surface area contributed by atoms with Gasteiger partial charge in [-0.3, -0.25) is 4.79 Å². The summed E-state index contributed by atoms with van der Waals surface area (Å²) in [7, 11) is 1.96. The van der Waals surface area contributed by atoms with Gasteiger partial charge in [0.05, 0.1) is 6.42 Å². The van der Waals surface area contributed by atoms with Crippen LogP contribution in [0, 0.1) is 13.8 Å². The first-order valence-electron chi connectivity index (χ1n) is 6.10. The third-order valence-electron chi connectivity index (χ3n) is 2.92. The molecule has 1 aromatic carbocycles. The van der Waals surface area contributed by atoms with Crippen molar-refractivity contribution in [2.45, 2.75) is 32.9 Å². The normalized spacial score (nSPS) is 12.7. The Kier molecular flexibility index (Phi) is 5.31. The molecular weight excluding hydrogens is 228 g/mol. The SMILES string of the molecule is Cc1ccc(CN(C)CC(N)CC(=O)O)c(C)c1. The molecule has 0 aliphatic rings. The van der Waals surface area contributed by atoms with E-state index < -0.39 is 5.97 Å². The Hall–Kier alpha value is -1.39. The van der Waals surface area contributed by atoms with E-state index in [9.17, 15) is 4.79 Å². The maximum Gasteiger partial charge on any atom is 0.304 e. The van der Waals surface area contributed by atoms with Crippen LogP contribution in [0.25, 0.3) is 0 Å². The summed E-state index contributed by atoms with van der Waals surface area (Å²) in [5, 5.41) is 8.66. The molecule has 0 bridgehead atoms. The second-order valence-electron chi connectivity index (χ2n) is 4.98. The molecule has 1 unspecified atom stereocenters. The highest BCUT2D eigenvalue weighted by atomic mass is 16.4. The van der Waals surface area contributed by atoms with Crippen molar-refractivity contribution >= 4 is 5.97 Å². The predicted molar refractivity (Wildman–Crippen MR) is 72.5 cm³/mol. The molecule has 100 valence electrons. The smallest absolute Gasteiger partial charge is 0.304 e. The molecule has 1 aromatic rings. The molecule has 0 saturated carbocycles. The molecule has 0 aliphatic carbocycles. The molecule has 1 atom stereocenters. The molecule has 4 nitrogen and oxygen atoms in total. The van der Waals surface area contributed by atoms with Gasteiger partial charge in [-0.05, 0) is 32.0 Å². The predicted octanol–water partition coefficient (Wildman–Crippen LogP) is 1.54. The van der Waals surface area contributed by atoms with Gasteiger partial charge in [0.1, 0.15) is 0 Å². The van der Waals surface area contributed by atoms with E-state index in [-0.39, 0.29) is 12.5 Å². The van der Waals surface area contributed by atoms with Crippen molar-refractivity contribution in [3.05, 3.63) is 34.9 Å². The Balaban J connectivity index is 2.53. The van der Waals surface area contributed by atoms with Crippen LogP contribution in [0.15, 0.2) is 18.2 Å². The minimum Gasteiger partial charge on any atom is -0.481 e. The monoisotopic (exact) mass is 250 g/mol. The fourth-order valence-electron chi connectivity index (χ4n) is 2.07. The first-order valence-corrected chi connectivity index (χ1v) is 6.10. The summed E-state index contributed by atoms with van der Waals surface area (Å²) in [6.07, 6.45) is 0.0111.